The van der Waals surface area contributed by atoms with Crippen LogP contribution in [0.15, 0.2) is 24.3 Å². The van der Waals surface area contributed by atoms with Crippen LogP contribution in [-0.4, -0.2) is 22.9 Å². The van der Waals surface area contributed by atoms with Crippen molar-refractivity contribution in [2.24, 2.45) is 11.8 Å². The van der Waals surface area contributed by atoms with Gasteiger partial charge in [0.05, 0.1) is 22.9 Å². The lowest BCUT2D eigenvalue weighted by Crippen LogP contribution is -2.49. The Labute approximate surface area is 136 Å². The van der Waals surface area contributed by atoms with Crippen LogP contribution in [0, 0.1) is 11.8 Å². The van der Waals surface area contributed by atoms with Crippen molar-refractivity contribution in [3.8, 4) is 0 Å². The van der Waals surface area contributed by atoms with Crippen molar-refractivity contribution in [2.45, 2.75) is 89.6 Å². The third kappa shape index (κ3) is 3.05. The number of ether oxygens (including phenoxy) is 2. The summed E-state index contributed by atoms with van der Waals surface area (Å²) in [6, 6.07) is 0. The van der Waals surface area contributed by atoms with Gasteiger partial charge in [0, 0.05) is 0 Å². The smallest absolute Gasteiger partial charge is 0.0927 e. The largest absolute Gasteiger partial charge is 0.365 e. The fraction of sp³-hybridized carbons (Fsp3) is 0.800. The minimum absolute atomic E-state index is 0.101. The van der Waals surface area contributed by atoms with Gasteiger partial charge in [0.25, 0.3) is 0 Å². The Balaban J connectivity index is 1.98. The zero-order valence-electron chi connectivity index (χ0n) is 14.9. The third-order valence-electron chi connectivity index (χ3n) is 5.98. The average Bonchev–Trinajstić information content (AvgIpc) is 2.80. The molecule has 0 unspecified atom stereocenters. The van der Waals surface area contributed by atoms with Gasteiger partial charge in [-0.2, -0.15) is 0 Å². The molecule has 1 fully saturated rings. The molecule has 2 nitrogen and oxygen atoms in total. The molecule has 0 amide bonds. The van der Waals surface area contributed by atoms with Crippen LogP contribution in [0.2, 0.25) is 0 Å². The van der Waals surface area contributed by atoms with Gasteiger partial charge in [0.1, 0.15) is 0 Å². The molecular weight excluding hydrogens is 272 g/mol. The Bertz CT molecular complexity index is 480. The highest BCUT2D eigenvalue weighted by Crippen LogP contribution is 2.45. The minimum Gasteiger partial charge on any atom is -0.365 e. The standard InChI is InChI=1S/C20H32O2/c1-15(2)16-7-12-19(4)11-6-10-18(3)13-9-17(21-18)20(5,22-19)14-8-16/h6-7,10,12,15-17H,8-9,11,13-14H2,1-5H3/b10-6+,12-7+/t16-,17+,18+,19+,20-/m0/s1. The third-order valence-corrected chi connectivity index (χ3v) is 5.98. The fourth-order valence-corrected chi connectivity index (χ4v) is 4.34. The van der Waals surface area contributed by atoms with Crippen molar-refractivity contribution < 1.29 is 9.47 Å². The first kappa shape index (κ1) is 16.3. The summed E-state index contributed by atoms with van der Waals surface area (Å²) in [5.74, 6) is 1.32. The predicted molar refractivity (Wildman–Crippen MR) is 90.9 cm³/mol. The second-order valence-corrected chi connectivity index (χ2v) is 8.60. The van der Waals surface area contributed by atoms with Crippen LogP contribution < -0.4 is 0 Å². The number of rotatable bonds is 1. The first-order valence-electron chi connectivity index (χ1n) is 8.99. The Morgan fingerprint density at radius 1 is 1.00 bits per heavy atom. The Morgan fingerprint density at radius 3 is 2.50 bits per heavy atom. The van der Waals surface area contributed by atoms with Crippen molar-refractivity contribution in [3.63, 3.8) is 0 Å². The molecule has 0 aromatic rings. The summed E-state index contributed by atoms with van der Waals surface area (Å²) in [6.45, 7) is 11.4. The zero-order chi connectivity index (χ0) is 16.0. The van der Waals surface area contributed by atoms with Crippen LogP contribution in [0.5, 0.6) is 0 Å². The van der Waals surface area contributed by atoms with E-state index in [4.69, 9.17) is 9.47 Å². The normalized spacial score (nSPS) is 51.4. The van der Waals surface area contributed by atoms with Gasteiger partial charge < -0.3 is 9.47 Å². The first-order valence-corrected chi connectivity index (χ1v) is 8.99. The van der Waals surface area contributed by atoms with Gasteiger partial charge in [0.2, 0.25) is 0 Å². The zero-order valence-corrected chi connectivity index (χ0v) is 14.9. The fourth-order valence-electron chi connectivity index (χ4n) is 4.34. The van der Waals surface area contributed by atoms with Crippen LogP contribution in [0.3, 0.4) is 0 Å². The van der Waals surface area contributed by atoms with Crippen molar-refractivity contribution in [1.82, 2.24) is 0 Å². The lowest BCUT2D eigenvalue weighted by molar-refractivity contribution is -0.189. The van der Waals surface area contributed by atoms with E-state index in [2.05, 4.69) is 58.9 Å². The van der Waals surface area contributed by atoms with Gasteiger partial charge in [-0.25, -0.2) is 0 Å². The van der Waals surface area contributed by atoms with Crippen molar-refractivity contribution in [1.29, 1.82) is 0 Å². The van der Waals surface area contributed by atoms with E-state index in [1.54, 1.807) is 0 Å². The molecular formula is C20H32O2. The minimum atomic E-state index is -0.219. The van der Waals surface area contributed by atoms with Crippen molar-refractivity contribution in [2.75, 3.05) is 0 Å². The van der Waals surface area contributed by atoms with E-state index >= 15 is 0 Å². The van der Waals surface area contributed by atoms with Gasteiger partial charge in [-0.3, -0.25) is 0 Å². The molecule has 0 aliphatic carbocycles. The number of hydrogen-bond acceptors (Lipinski definition) is 2. The SMILES string of the molecule is CC(C)[C@H]1/C=C/[C@@]2(C)C/C=C/[C@]3(C)CC[C@@H](O3)[C@](C)(CC1)O2. The maximum absolute atomic E-state index is 6.73. The molecule has 0 aromatic heterocycles. The van der Waals surface area contributed by atoms with Gasteiger partial charge in [0.15, 0.2) is 0 Å². The van der Waals surface area contributed by atoms with E-state index in [1.165, 1.54) is 6.42 Å². The van der Waals surface area contributed by atoms with Gasteiger partial charge >= 0.3 is 0 Å². The predicted octanol–water partition coefficient (Wildman–Crippen LogP) is 5.04. The van der Waals surface area contributed by atoms with E-state index in [-0.39, 0.29) is 22.9 Å². The number of hydrogen-bond donors (Lipinski definition) is 0. The summed E-state index contributed by atoms with van der Waals surface area (Å²) in [5.41, 5.74) is -0.505. The second kappa shape index (κ2) is 5.49. The second-order valence-electron chi connectivity index (χ2n) is 8.60. The molecule has 1 saturated heterocycles. The molecule has 0 aromatic carbocycles. The topological polar surface area (TPSA) is 18.5 Å². The molecule has 0 spiro atoms. The summed E-state index contributed by atoms with van der Waals surface area (Å²) >= 11 is 0. The molecule has 22 heavy (non-hydrogen) atoms. The summed E-state index contributed by atoms with van der Waals surface area (Å²) in [6.07, 6.45) is 14.9. The monoisotopic (exact) mass is 304 g/mol. The van der Waals surface area contributed by atoms with E-state index in [1.807, 2.05) is 0 Å². The summed E-state index contributed by atoms with van der Waals surface area (Å²) in [7, 11) is 0. The molecule has 0 N–H and O–H groups in total. The Morgan fingerprint density at radius 2 is 1.77 bits per heavy atom. The molecule has 4 bridgehead atoms. The first-order chi connectivity index (χ1) is 10.2. The van der Waals surface area contributed by atoms with Gasteiger partial charge in [-0.15, -0.1) is 0 Å². The molecule has 3 aliphatic heterocycles. The van der Waals surface area contributed by atoms with E-state index in [9.17, 15) is 0 Å². The number of allylic oxidation sites excluding steroid dienone is 1. The molecule has 0 saturated carbocycles. The van der Waals surface area contributed by atoms with Crippen LogP contribution in [-0.2, 0) is 9.47 Å². The highest BCUT2D eigenvalue weighted by atomic mass is 16.6. The van der Waals surface area contributed by atoms with Crippen molar-refractivity contribution in [3.05, 3.63) is 24.3 Å². The Hall–Kier alpha value is -0.600. The Kier molecular flexibility index (Phi) is 4.06. The molecule has 124 valence electrons. The maximum atomic E-state index is 6.73. The van der Waals surface area contributed by atoms with E-state index < -0.39 is 0 Å². The highest BCUT2D eigenvalue weighted by Gasteiger charge is 2.49. The quantitative estimate of drug-likeness (QED) is 0.632. The molecule has 5 atom stereocenters. The molecule has 3 aliphatic rings. The van der Waals surface area contributed by atoms with Crippen LogP contribution >= 0.6 is 0 Å². The van der Waals surface area contributed by atoms with Gasteiger partial charge in [-0.1, -0.05) is 38.2 Å². The summed E-state index contributed by atoms with van der Waals surface area (Å²) in [5, 5.41) is 0. The van der Waals surface area contributed by atoms with Crippen LogP contribution in [0.4, 0.5) is 0 Å². The summed E-state index contributed by atoms with van der Waals surface area (Å²) < 4.78 is 13.2. The maximum Gasteiger partial charge on any atom is 0.0927 e. The average molecular weight is 304 g/mol. The molecule has 3 heterocycles. The van der Waals surface area contributed by atoms with Crippen LogP contribution in [0.25, 0.3) is 0 Å². The summed E-state index contributed by atoms with van der Waals surface area (Å²) in [4.78, 5) is 0. The van der Waals surface area contributed by atoms with Crippen LogP contribution in [0.1, 0.15) is 66.7 Å². The van der Waals surface area contributed by atoms with Gasteiger partial charge in [-0.05, 0) is 64.7 Å². The van der Waals surface area contributed by atoms with E-state index in [0.29, 0.717) is 11.8 Å². The molecule has 2 heteroatoms. The lowest BCUT2D eigenvalue weighted by Gasteiger charge is -2.44. The molecule has 0 radical (unpaired) electrons. The van der Waals surface area contributed by atoms with E-state index in [0.717, 1.165) is 25.7 Å². The number of fused-ring (bicyclic) bond motifs is 5. The van der Waals surface area contributed by atoms with Crippen molar-refractivity contribution >= 4 is 0 Å². The molecule has 3 rings (SSSR count). The lowest BCUT2D eigenvalue weighted by atomic mass is 9.80. The highest BCUT2D eigenvalue weighted by molar-refractivity contribution is 5.15.